The maximum atomic E-state index is 13.4. The summed E-state index contributed by atoms with van der Waals surface area (Å²) in [4.78, 5) is 22.1. The topological polar surface area (TPSA) is 105 Å². The minimum atomic E-state index is -4.24. The fourth-order valence-electron chi connectivity index (χ4n) is 6.79. The first-order valence-corrected chi connectivity index (χ1v) is 16.3. The van der Waals surface area contributed by atoms with Gasteiger partial charge >= 0.3 is 6.18 Å². The van der Waals surface area contributed by atoms with Crippen LogP contribution in [0.5, 0.6) is 0 Å². The second-order valence-electron chi connectivity index (χ2n) is 12.6. The third-order valence-electron chi connectivity index (χ3n) is 9.61. The van der Waals surface area contributed by atoms with Crippen LogP contribution in [0, 0.1) is 23.7 Å². The summed E-state index contributed by atoms with van der Waals surface area (Å²) in [6.45, 7) is 13.7. The lowest BCUT2D eigenvalue weighted by Gasteiger charge is -2.35. The summed E-state index contributed by atoms with van der Waals surface area (Å²) in [7, 11) is 0. The Morgan fingerprint density at radius 3 is 2.74 bits per heavy atom. The number of carbonyl (C=O) groups excluding carboxylic acids is 1. The Morgan fingerprint density at radius 2 is 2.00 bits per heavy atom. The number of amides is 1. The average molecular weight is 615 g/mol. The second kappa shape index (κ2) is 16.4. The highest BCUT2D eigenvalue weighted by molar-refractivity contribution is 5.78. The van der Waals surface area contributed by atoms with E-state index in [1.807, 2.05) is 0 Å². The Morgan fingerprint density at radius 1 is 1.21 bits per heavy atom. The first-order chi connectivity index (χ1) is 20.7. The summed E-state index contributed by atoms with van der Waals surface area (Å²) in [6, 6.07) is 0.266. The molecule has 0 radical (unpaired) electrons. The minimum absolute atomic E-state index is 0.00604. The SMILES string of the molecule is CCC(NC1NCCN1C1C=C(NCCN2CCOCC2)NC=N1)C(C)CCCNC(=O)C1CCC(C)C(C(F)(F)F)C1. The van der Waals surface area contributed by atoms with Crippen molar-refractivity contribution < 1.29 is 22.7 Å². The van der Waals surface area contributed by atoms with Gasteiger partial charge in [-0.25, -0.2) is 4.90 Å². The van der Waals surface area contributed by atoms with Gasteiger partial charge in [-0.3, -0.25) is 25.3 Å². The molecule has 7 atom stereocenters. The summed E-state index contributed by atoms with van der Waals surface area (Å²) in [6.07, 6.45) is 3.12. The lowest BCUT2D eigenvalue weighted by atomic mass is 9.74. The number of hydrogen-bond acceptors (Lipinski definition) is 9. The molecule has 4 aliphatic rings. The van der Waals surface area contributed by atoms with E-state index in [-0.39, 0.29) is 30.8 Å². The van der Waals surface area contributed by atoms with Gasteiger partial charge in [0.2, 0.25) is 5.91 Å². The van der Waals surface area contributed by atoms with Crippen molar-refractivity contribution in [1.29, 1.82) is 0 Å². The average Bonchev–Trinajstić information content (AvgIpc) is 3.46. The van der Waals surface area contributed by atoms with Crippen LogP contribution >= 0.6 is 0 Å². The van der Waals surface area contributed by atoms with Crippen molar-refractivity contribution in [2.45, 2.75) is 84.0 Å². The van der Waals surface area contributed by atoms with Gasteiger partial charge in [-0.15, -0.1) is 0 Å². The molecule has 3 aliphatic heterocycles. The van der Waals surface area contributed by atoms with E-state index in [0.717, 1.165) is 77.6 Å². The van der Waals surface area contributed by atoms with E-state index in [4.69, 9.17) is 4.74 Å². The van der Waals surface area contributed by atoms with Gasteiger partial charge in [-0.05, 0) is 56.4 Å². The van der Waals surface area contributed by atoms with Crippen LogP contribution in [-0.2, 0) is 9.53 Å². The van der Waals surface area contributed by atoms with Crippen molar-refractivity contribution in [3.05, 3.63) is 11.9 Å². The smallest absolute Gasteiger partial charge is 0.379 e. The highest BCUT2D eigenvalue weighted by atomic mass is 19.4. The largest absolute Gasteiger partial charge is 0.392 e. The molecule has 0 bridgehead atoms. The molecule has 0 aromatic rings. The summed E-state index contributed by atoms with van der Waals surface area (Å²) in [5.41, 5.74) is 0. The van der Waals surface area contributed by atoms with Crippen LogP contribution in [0.2, 0.25) is 0 Å². The molecule has 0 aromatic carbocycles. The van der Waals surface area contributed by atoms with E-state index in [9.17, 15) is 18.0 Å². The Kier molecular flexibility index (Phi) is 12.9. The molecule has 1 amide bonds. The minimum Gasteiger partial charge on any atom is -0.379 e. The van der Waals surface area contributed by atoms with Gasteiger partial charge in [0.15, 0.2) is 0 Å². The monoisotopic (exact) mass is 614 g/mol. The molecule has 3 heterocycles. The zero-order valence-electron chi connectivity index (χ0n) is 26.1. The third kappa shape index (κ3) is 10.0. The van der Waals surface area contributed by atoms with Crippen molar-refractivity contribution in [3.8, 4) is 0 Å². The predicted octanol–water partition coefficient (Wildman–Crippen LogP) is 2.41. The molecule has 10 nitrogen and oxygen atoms in total. The number of halogens is 3. The van der Waals surface area contributed by atoms with Crippen LogP contribution < -0.4 is 26.6 Å². The number of morpholine rings is 1. The lowest BCUT2D eigenvalue weighted by molar-refractivity contribution is -0.198. The molecule has 1 aliphatic carbocycles. The number of hydrogen-bond donors (Lipinski definition) is 5. The molecule has 4 rings (SSSR count). The first-order valence-electron chi connectivity index (χ1n) is 16.3. The molecule has 2 saturated heterocycles. The van der Waals surface area contributed by atoms with E-state index in [1.54, 1.807) is 13.3 Å². The molecular formula is C30H53F3N8O2. The summed E-state index contributed by atoms with van der Waals surface area (Å²) < 4.78 is 45.5. The maximum Gasteiger partial charge on any atom is 0.392 e. The summed E-state index contributed by atoms with van der Waals surface area (Å²) in [5, 5.41) is 17.0. The van der Waals surface area contributed by atoms with Gasteiger partial charge in [0.05, 0.1) is 25.5 Å². The molecule has 0 spiro atoms. The van der Waals surface area contributed by atoms with Gasteiger partial charge in [-0.2, -0.15) is 13.2 Å². The van der Waals surface area contributed by atoms with Gasteiger partial charge in [-0.1, -0.05) is 20.8 Å². The standard InChI is InChI=1S/C30H53F3N8O2/c1-4-25(22(3)6-5-9-35-28(42)23-8-7-21(2)24(18-23)30(31,32)33)39-29-36-11-13-41(29)27-19-26(37-20-38-27)34-10-12-40-14-16-43-17-15-40/h19-25,27,29,34,36,39H,4-18H2,1-3H3,(H,35,42)(H,37,38). The number of aliphatic imine (C=N–C) groups is 1. The molecule has 1 saturated carbocycles. The predicted molar refractivity (Wildman–Crippen MR) is 162 cm³/mol. The Balaban J connectivity index is 1.18. The normalized spacial score (nSPS) is 30.4. The zero-order valence-corrected chi connectivity index (χ0v) is 26.1. The quantitative estimate of drug-likeness (QED) is 0.190. The van der Waals surface area contributed by atoms with Crippen LogP contribution in [0.25, 0.3) is 0 Å². The fourth-order valence-corrected chi connectivity index (χ4v) is 6.79. The van der Waals surface area contributed by atoms with Crippen molar-refractivity contribution in [2.75, 3.05) is 59.0 Å². The highest BCUT2D eigenvalue weighted by Gasteiger charge is 2.47. The molecule has 43 heavy (non-hydrogen) atoms. The van der Waals surface area contributed by atoms with Crippen molar-refractivity contribution in [1.82, 2.24) is 36.4 Å². The number of carbonyl (C=O) groups is 1. The fraction of sp³-hybridized carbons (Fsp3) is 0.867. The number of alkyl halides is 3. The van der Waals surface area contributed by atoms with Crippen LogP contribution in [0.3, 0.4) is 0 Å². The van der Waals surface area contributed by atoms with Crippen molar-refractivity contribution >= 4 is 12.2 Å². The van der Waals surface area contributed by atoms with Crippen molar-refractivity contribution in [3.63, 3.8) is 0 Å². The second-order valence-corrected chi connectivity index (χ2v) is 12.6. The van der Waals surface area contributed by atoms with Gasteiger partial charge < -0.3 is 20.7 Å². The molecule has 246 valence electrons. The van der Waals surface area contributed by atoms with Gasteiger partial charge in [0, 0.05) is 57.8 Å². The molecule has 3 fully saturated rings. The molecule has 7 unspecified atom stereocenters. The van der Waals surface area contributed by atoms with E-state index >= 15 is 0 Å². The van der Waals surface area contributed by atoms with Crippen molar-refractivity contribution in [2.24, 2.45) is 28.7 Å². The zero-order chi connectivity index (χ0) is 30.8. The van der Waals surface area contributed by atoms with Crippen LogP contribution in [0.4, 0.5) is 13.2 Å². The molecular weight excluding hydrogens is 561 g/mol. The Hall–Kier alpha value is -1.93. The molecule has 5 N–H and O–H groups in total. The molecule has 13 heteroatoms. The van der Waals surface area contributed by atoms with E-state index in [0.29, 0.717) is 25.3 Å². The van der Waals surface area contributed by atoms with Gasteiger partial charge in [0.1, 0.15) is 18.3 Å². The van der Waals surface area contributed by atoms with Crippen LogP contribution in [-0.4, -0.2) is 106 Å². The Labute approximate surface area is 255 Å². The number of rotatable bonds is 14. The Bertz CT molecular complexity index is 930. The molecule has 0 aromatic heterocycles. The highest BCUT2D eigenvalue weighted by Crippen LogP contribution is 2.43. The van der Waals surface area contributed by atoms with E-state index in [2.05, 4.69) is 61.3 Å². The summed E-state index contributed by atoms with van der Waals surface area (Å²) in [5.74, 6) is -1.24. The van der Waals surface area contributed by atoms with E-state index in [1.165, 1.54) is 0 Å². The summed E-state index contributed by atoms with van der Waals surface area (Å²) >= 11 is 0. The lowest BCUT2D eigenvalue weighted by Crippen LogP contribution is -2.56. The number of nitrogens with zero attached hydrogens (tertiary/aromatic N) is 3. The van der Waals surface area contributed by atoms with Crippen LogP contribution in [0.1, 0.15) is 59.3 Å². The first kappa shape index (κ1) is 34.0. The number of ether oxygens (including phenoxy) is 1. The maximum absolute atomic E-state index is 13.4. The van der Waals surface area contributed by atoms with Crippen LogP contribution in [0.15, 0.2) is 16.9 Å². The van der Waals surface area contributed by atoms with E-state index < -0.39 is 23.9 Å². The third-order valence-corrected chi connectivity index (χ3v) is 9.61. The number of nitrogens with one attached hydrogen (secondary N) is 5. The van der Waals surface area contributed by atoms with Gasteiger partial charge in [0.25, 0.3) is 0 Å².